The van der Waals surface area contributed by atoms with Crippen molar-refractivity contribution in [3.05, 3.63) is 17.5 Å². The van der Waals surface area contributed by atoms with Crippen LogP contribution in [-0.2, 0) is 13.6 Å². The molecule has 0 aliphatic rings. The smallest absolute Gasteiger partial charge is 0.153 e. The van der Waals surface area contributed by atoms with Gasteiger partial charge in [-0.15, -0.1) is 11.8 Å². The Balaban J connectivity index is 2.09. The van der Waals surface area contributed by atoms with E-state index in [4.69, 9.17) is 5.73 Å². The monoisotopic (exact) mass is 269 g/mol. The average molecular weight is 269 g/mol. The summed E-state index contributed by atoms with van der Waals surface area (Å²) in [6.07, 6.45) is 4.02. The molecule has 2 heterocycles. The summed E-state index contributed by atoms with van der Waals surface area (Å²) in [5, 5.41) is 8.69. The molecule has 0 aliphatic heterocycles. The zero-order valence-electron chi connectivity index (χ0n) is 10.0. The molecule has 0 radical (unpaired) electrons. The molecule has 5 nitrogen and oxygen atoms in total. The lowest BCUT2D eigenvalue weighted by atomic mass is 10.3. The van der Waals surface area contributed by atoms with Crippen molar-refractivity contribution >= 4 is 34.1 Å². The van der Waals surface area contributed by atoms with Crippen LogP contribution in [0.2, 0.25) is 0 Å². The summed E-state index contributed by atoms with van der Waals surface area (Å²) >= 11 is 3.01. The first-order chi connectivity index (χ1) is 8.11. The van der Waals surface area contributed by atoms with Crippen molar-refractivity contribution in [2.45, 2.75) is 18.4 Å². The third kappa shape index (κ3) is 2.55. The fourth-order valence-corrected chi connectivity index (χ4v) is 3.14. The van der Waals surface area contributed by atoms with Gasteiger partial charge in [0.15, 0.2) is 5.82 Å². The topological polar surface area (TPSA) is 68.8 Å². The number of nitrogens with two attached hydrogens (primary N) is 1. The van der Waals surface area contributed by atoms with E-state index in [1.165, 1.54) is 17.1 Å². The maximum Gasteiger partial charge on any atom is 0.153 e. The second-order valence-corrected chi connectivity index (χ2v) is 5.29. The fourth-order valence-electron chi connectivity index (χ4n) is 1.60. The lowest BCUT2D eigenvalue weighted by Crippen LogP contribution is -1.99. The van der Waals surface area contributed by atoms with Crippen molar-refractivity contribution in [1.29, 1.82) is 0 Å². The number of nitrogens with one attached hydrogen (secondary N) is 1. The molecule has 7 heteroatoms. The van der Waals surface area contributed by atoms with Crippen LogP contribution in [0.1, 0.15) is 11.3 Å². The van der Waals surface area contributed by atoms with Gasteiger partial charge in [0.1, 0.15) is 5.00 Å². The zero-order chi connectivity index (χ0) is 12.4. The molecule has 0 spiro atoms. The Labute approximate surface area is 109 Å². The zero-order valence-corrected chi connectivity index (χ0v) is 11.7. The molecule has 0 saturated heterocycles. The molecule has 17 heavy (non-hydrogen) atoms. The molecule has 2 aromatic heterocycles. The van der Waals surface area contributed by atoms with Crippen molar-refractivity contribution < 1.29 is 0 Å². The molecule has 0 bridgehead atoms. The van der Waals surface area contributed by atoms with Crippen LogP contribution in [-0.4, -0.2) is 20.4 Å². The van der Waals surface area contributed by atoms with E-state index in [2.05, 4.69) is 14.8 Å². The molecule has 0 atom stereocenters. The van der Waals surface area contributed by atoms with Crippen LogP contribution in [0.4, 0.5) is 10.8 Å². The lowest BCUT2D eigenvalue weighted by molar-refractivity contribution is 0.756. The number of aryl methyl sites for hydroxylation is 2. The van der Waals surface area contributed by atoms with E-state index in [-0.39, 0.29) is 0 Å². The molecule has 0 fully saturated rings. The van der Waals surface area contributed by atoms with Gasteiger partial charge in [-0.3, -0.25) is 4.68 Å². The Morgan fingerprint density at radius 3 is 2.94 bits per heavy atom. The molecule has 3 N–H and O–H groups in total. The van der Waals surface area contributed by atoms with Gasteiger partial charge in [-0.05, 0) is 24.7 Å². The van der Waals surface area contributed by atoms with Crippen LogP contribution < -0.4 is 11.1 Å². The van der Waals surface area contributed by atoms with Crippen LogP contribution >= 0.6 is 23.3 Å². The molecule has 0 aliphatic carbocycles. The molecular formula is C10H15N5S2. The molecule has 0 aromatic carbocycles. The molecule has 92 valence electrons. The Bertz CT molecular complexity index is 517. The predicted molar refractivity (Wildman–Crippen MR) is 73.6 cm³/mol. The van der Waals surface area contributed by atoms with Gasteiger partial charge in [0, 0.05) is 25.4 Å². The van der Waals surface area contributed by atoms with Gasteiger partial charge < -0.3 is 11.1 Å². The quantitative estimate of drug-likeness (QED) is 0.832. The molecule has 0 amide bonds. The van der Waals surface area contributed by atoms with Crippen LogP contribution in [0.15, 0.2) is 11.1 Å². The summed E-state index contributed by atoms with van der Waals surface area (Å²) in [6.45, 7) is 2.75. The van der Waals surface area contributed by atoms with E-state index in [1.54, 1.807) is 11.8 Å². The molecule has 2 aromatic rings. The highest BCUT2D eigenvalue weighted by molar-refractivity contribution is 7.99. The highest BCUT2D eigenvalue weighted by atomic mass is 32.2. The number of nitrogen functional groups attached to an aromatic ring is 1. The van der Waals surface area contributed by atoms with Gasteiger partial charge in [0.05, 0.1) is 10.6 Å². The molecule has 0 unspecified atom stereocenters. The summed E-state index contributed by atoms with van der Waals surface area (Å²) in [5.74, 6) is 0.605. The Kier molecular flexibility index (Phi) is 3.58. The largest absolute Gasteiger partial charge is 0.382 e. The van der Waals surface area contributed by atoms with E-state index in [0.717, 1.165) is 22.1 Å². The van der Waals surface area contributed by atoms with Crippen molar-refractivity contribution in [3.63, 3.8) is 0 Å². The SMILES string of the molecule is CSc1c(N)nsc1NCc1cn(C)nc1C. The van der Waals surface area contributed by atoms with Crippen LogP contribution in [0, 0.1) is 6.92 Å². The van der Waals surface area contributed by atoms with Gasteiger partial charge >= 0.3 is 0 Å². The third-order valence-electron chi connectivity index (χ3n) is 2.43. The maximum atomic E-state index is 5.78. The highest BCUT2D eigenvalue weighted by Crippen LogP contribution is 2.34. The molecule has 2 rings (SSSR count). The first kappa shape index (κ1) is 12.3. The van der Waals surface area contributed by atoms with Gasteiger partial charge in [-0.2, -0.15) is 9.47 Å². The van der Waals surface area contributed by atoms with Crippen molar-refractivity contribution in [1.82, 2.24) is 14.2 Å². The van der Waals surface area contributed by atoms with E-state index in [9.17, 15) is 0 Å². The number of hydrogen-bond acceptors (Lipinski definition) is 6. The third-order valence-corrected chi connectivity index (χ3v) is 4.20. The van der Waals surface area contributed by atoms with Gasteiger partial charge in [-0.1, -0.05) is 0 Å². The number of thioether (sulfide) groups is 1. The lowest BCUT2D eigenvalue weighted by Gasteiger charge is -2.04. The van der Waals surface area contributed by atoms with Gasteiger partial charge in [0.2, 0.25) is 0 Å². The fraction of sp³-hybridized carbons (Fsp3) is 0.400. The summed E-state index contributed by atoms with van der Waals surface area (Å²) in [5.41, 5.74) is 8.01. The van der Waals surface area contributed by atoms with Crippen molar-refractivity contribution in [3.8, 4) is 0 Å². The number of hydrogen-bond donors (Lipinski definition) is 2. The summed E-state index contributed by atoms with van der Waals surface area (Å²) in [6, 6.07) is 0. The van der Waals surface area contributed by atoms with E-state index in [0.29, 0.717) is 5.82 Å². The van der Waals surface area contributed by atoms with Gasteiger partial charge in [-0.25, -0.2) is 0 Å². The van der Waals surface area contributed by atoms with Crippen LogP contribution in [0.3, 0.4) is 0 Å². The normalized spacial score (nSPS) is 10.8. The minimum atomic E-state index is 0.605. The van der Waals surface area contributed by atoms with E-state index < -0.39 is 0 Å². The van der Waals surface area contributed by atoms with E-state index >= 15 is 0 Å². The van der Waals surface area contributed by atoms with Crippen LogP contribution in [0.25, 0.3) is 0 Å². The standard InChI is InChI=1S/C10H15N5S2/c1-6-7(5-15(2)13-6)4-12-10-8(16-3)9(11)14-17-10/h5,12H,4H2,1-3H3,(H2,11,14). The average Bonchev–Trinajstić information content (AvgIpc) is 2.79. The summed E-state index contributed by atoms with van der Waals surface area (Å²) in [7, 11) is 1.93. The predicted octanol–water partition coefficient (Wildman–Crippen LogP) is 2.10. The maximum absolute atomic E-state index is 5.78. The minimum Gasteiger partial charge on any atom is -0.382 e. The minimum absolute atomic E-state index is 0.605. The van der Waals surface area contributed by atoms with E-state index in [1.807, 2.05) is 31.1 Å². The number of nitrogens with zero attached hydrogens (tertiary/aromatic N) is 3. The second kappa shape index (κ2) is 4.97. The number of aromatic nitrogens is 3. The van der Waals surface area contributed by atoms with Crippen LogP contribution in [0.5, 0.6) is 0 Å². The highest BCUT2D eigenvalue weighted by Gasteiger charge is 2.11. The molecular weight excluding hydrogens is 254 g/mol. The number of anilines is 2. The van der Waals surface area contributed by atoms with Crippen molar-refractivity contribution in [2.24, 2.45) is 7.05 Å². The van der Waals surface area contributed by atoms with Crippen molar-refractivity contribution in [2.75, 3.05) is 17.3 Å². The van der Waals surface area contributed by atoms with Gasteiger partial charge in [0.25, 0.3) is 0 Å². The second-order valence-electron chi connectivity index (χ2n) is 3.70. The Morgan fingerprint density at radius 1 is 1.59 bits per heavy atom. The molecule has 0 saturated carbocycles. The summed E-state index contributed by atoms with van der Waals surface area (Å²) < 4.78 is 5.96. The summed E-state index contributed by atoms with van der Waals surface area (Å²) in [4.78, 5) is 1.02. The Hall–Kier alpha value is -1.21. The first-order valence-electron chi connectivity index (χ1n) is 5.14. The first-order valence-corrected chi connectivity index (χ1v) is 7.13. The Morgan fingerprint density at radius 2 is 2.35 bits per heavy atom. The number of rotatable bonds is 4.